The molecule has 5 aromatic rings. The molecule has 0 bridgehead atoms. The zero-order chi connectivity index (χ0) is 26.6. The number of rotatable bonds is 8. The third-order valence-corrected chi connectivity index (χ3v) is 6.14. The predicted molar refractivity (Wildman–Crippen MR) is 145 cm³/mol. The number of aromatic hydroxyl groups is 1. The first-order chi connectivity index (χ1) is 18.4. The lowest BCUT2D eigenvalue weighted by Gasteiger charge is -2.10. The maximum Gasteiger partial charge on any atom is 0.270 e. The number of imidazole rings is 1. The zero-order valence-corrected chi connectivity index (χ0v) is 20.4. The van der Waals surface area contributed by atoms with E-state index in [2.05, 4.69) is 20.3 Å². The van der Waals surface area contributed by atoms with Gasteiger partial charge in [-0.2, -0.15) is 0 Å². The highest BCUT2D eigenvalue weighted by molar-refractivity contribution is 6.22. The van der Waals surface area contributed by atoms with E-state index in [1.54, 1.807) is 18.6 Å². The first kappa shape index (κ1) is 24.4. The van der Waals surface area contributed by atoms with E-state index in [0.717, 1.165) is 16.8 Å². The number of H-pyrrole nitrogens is 2. The minimum absolute atomic E-state index is 0.0847. The van der Waals surface area contributed by atoms with Crippen molar-refractivity contribution in [1.29, 1.82) is 0 Å². The molecule has 0 unspecified atom stereocenters. The van der Waals surface area contributed by atoms with E-state index in [4.69, 9.17) is 4.99 Å². The highest BCUT2D eigenvalue weighted by Gasteiger charge is 2.21. The molecule has 0 aliphatic heterocycles. The average Bonchev–Trinajstić information content (AvgIpc) is 3.55. The molecule has 10 heteroatoms. The highest BCUT2D eigenvalue weighted by atomic mass is 16.6. The van der Waals surface area contributed by atoms with Gasteiger partial charge in [-0.3, -0.25) is 14.9 Å². The second-order valence-corrected chi connectivity index (χ2v) is 8.74. The van der Waals surface area contributed by atoms with Gasteiger partial charge in [0.15, 0.2) is 5.88 Å². The summed E-state index contributed by atoms with van der Waals surface area (Å²) in [5, 5.41) is 25.6. The molecule has 38 heavy (non-hydrogen) atoms. The smallest absolute Gasteiger partial charge is 0.270 e. The molecule has 0 saturated carbocycles. The van der Waals surface area contributed by atoms with E-state index in [1.165, 1.54) is 19.1 Å². The summed E-state index contributed by atoms with van der Waals surface area (Å²) in [4.78, 5) is 37.1. The first-order valence-corrected chi connectivity index (χ1v) is 11.9. The van der Waals surface area contributed by atoms with Crippen LogP contribution in [0.15, 0.2) is 84.2 Å². The SMILES string of the molecule is CC(=O)NCCc1ccc(C(=Nc2ccc(-c3cnc[nH]3)cc2)c2c(O)[nH]c3ccc([N+](=O)[O-])cc23)cc1. The third-order valence-electron chi connectivity index (χ3n) is 6.14. The van der Waals surface area contributed by atoms with Crippen LogP contribution in [-0.4, -0.2) is 43.1 Å². The number of aromatic nitrogens is 3. The molecule has 0 fully saturated rings. The van der Waals surface area contributed by atoms with Crippen molar-refractivity contribution in [2.45, 2.75) is 13.3 Å². The molecule has 0 radical (unpaired) electrons. The Morgan fingerprint density at radius 1 is 1.11 bits per heavy atom. The van der Waals surface area contributed by atoms with Crippen LogP contribution in [0, 0.1) is 10.1 Å². The van der Waals surface area contributed by atoms with Crippen LogP contribution >= 0.6 is 0 Å². The molecule has 1 amide bonds. The average molecular weight is 509 g/mol. The fraction of sp³-hybridized carbons (Fsp3) is 0.107. The second-order valence-electron chi connectivity index (χ2n) is 8.74. The standard InChI is InChI=1S/C28H24N6O4/c1-17(35)30-13-12-18-2-4-20(5-3-18)27(32-21-8-6-19(7-9-21)25-15-29-16-31-25)26-23-14-22(34(37)38)10-11-24(23)33-28(26)36/h2-11,14-16,33,36H,12-13H2,1H3,(H,29,31)(H,30,35). The largest absolute Gasteiger partial charge is 0.494 e. The lowest BCUT2D eigenvalue weighted by molar-refractivity contribution is -0.384. The number of nitrogens with one attached hydrogen (secondary N) is 3. The van der Waals surface area contributed by atoms with Crippen molar-refractivity contribution in [3.63, 3.8) is 0 Å². The molecule has 0 atom stereocenters. The van der Waals surface area contributed by atoms with Crippen LogP contribution in [0.1, 0.15) is 23.6 Å². The van der Waals surface area contributed by atoms with Crippen LogP contribution in [0.4, 0.5) is 11.4 Å². The van der Waals surface area contributed by atoms with Crippen molar-refractivity contribution in [2.24, 2.45) is 4.99 Å². The molecule has 5 rings (SSSR count). The number of carbonyl (C=O) groups excluding carboxylic acids is 1. The van der Waals surface area contributed by atoms with Crippen LogP contribution in [0.25, 0.3) is 22.2 Å². The summed E-state index contributed by atoms with van der Waals surface area (Å²) in [7, 11) is 0. The predicted octanol–water partition coefficient (Wildman–Crippen LogP) is 5.02. The summed E-state index contributed by atoms with van der Waals surface area (Å²) in [5.41, 5.74) is 5.47. The van der Waals surface area contributed by atoms with Crippen molar-refractivity contribution in [2.75, 3.05) is 6.54 Å². The van der Waals surface area contributed by atoms with Gasteiger partial charge in [0.2, 0.25) is 5.91 Å². The molecule has 2 heterocycles. The number of aromatic amines is 2. The molecule has 0 spiro atoms. The second kappa shape index (κ2) is 10.4. The summed E-state index contributed by atoms with van der Waals surface area (Å²) >= 11 is 0. The number of fused-ring (bicyclic) bond motifs is 1. The third kappa shape index (κ3) is 5.14. The summed E-state index contributed by atoms with van der Waals surface area (Å²) in [5.74, 6) is -0.221. The van der Waals surface area contributed by atoms with Crippen molar-refractivity contribution in [3.05, 3.63) is 106 Å². The molecule has 3 aromatic carbocycles. The van der Waals surface area contributed by atoms with Crippen molar-refractivity contribution >= 4 is 33.9 Å². The van der Waals surface area contributed by atoms with E-state index in [-0.39, 0.29) is 17.5 Å². The monoisotopic (exact) mass is 508 g/mol. The number of nitro groups is 1. The van der Waals surface area contributed by atoms with Crippen LogP contribution in [0.5, 0.6) is 5.88 Å². The Morgan fingerprint density at radius 3 is 2.53 bits per heavy atom. The highest BCUT2D eigenvalue weighted by Crippen LogP contribution is 2.34. The van der Waals surface area contributed by atoms with E-state index in [0.29, 0.717) is 46.4 Å². The van der Waals surface area contributed by atoms with Crippen LogP contribution in [0.3, 0.4) is 0 Å². The van der Waals surface area contributed by atoms with Crippen molar-refractivity contribution in [3.8, 4) is 17.1 Å². The van der Waals surface area contributed by atoms with Crippen LogP contribution < -0.4 is 5.32 Å². The fourth-order valence-corrected chi connectivity index (χ4v) is 4.25. The maximum atomic E-state index is 11.5. The number of benzene rings is 3. The van der Waals surface area contributed by atoms with Gasteiger partial charge in [0.05, 0.1) is 40.1 Å². The van der Waals surface area contributed by atoms with Crippen molar-refractivity contribution < 1.29 is 14.8 Å². The lowest BCUT2D eigenvalue weighted by Crippen LogP contribution is -2.22. The van der Waals surface area contributed by atoms with Crippen LogP contribution in [-0.2, 0) is 11.2 Å². The minimum atomic E-state index is -0.470. The number of nitrogens with zero attached hydrogens (tertiary/aromatic N) is 3. The molecule has 0 saturated heterocycles. The fourth-order valence-electron chi connectivity index (χ4n) is 4.25. The van der Waals surface area contributed by atoms with E-state index in [1.807, 2.05) is 48.5 Å². The number of carbonyl (C=O) groups is 1. The quantitative estimate of drug-likeness (QED) is 0.132. The van der Waals surface area contributed by atoms with Gasteiger partial charge < -0.3 is 20.4 Å². The maximum absolute atomic E-state index is 11.5. The number of nitro benzene ring substituents is 1. The van der Waals surface area contributed by atoms with Crippen molar-refractivity contribution in [1.82, 2.24) is 20.3 Å². The zero-order valence-electron chi connectivity index (χ0n) is 20.4. The molecule has 10 nitrogen and oxygen atoms in total. The molecule has 0 aliphatic rings. The van der Waals surface area contributed by atoms with Gasteiger partial charge in [0.25, 0.3) is 5.69 Å². The van der Waals surface area contributed by atoms with Gasteiger partial charge in [-0.25, -0.2) is 9.98 Å². The Bertz CT molecular complexity index is 1640. The number of amides is 1. The van der Waals surface area contributed by atoms with Gasteiger partial charge in [0.1, 0.15) is 0 Å². The van der Waals surface area contributed by atoms with Gasteiger partial charge in [-0.05, 0) is 35.7 Å². The normalized spacial score (nSPS) is 11.6. The summed E-state index contributed by atoms with van der Waals surface area (Å²) < 4.78 is 0. The number of aliphatic imine (C=N–C) groups is 1. The van der Waals surface area contributed by atoms with E-state index >= 15 is 0 Å². The van der Waals surface area contributed by atoms with E-state index in [9.17, 15) is 20.0 Å². The molecule has 4 N–H and O–H groups in total. The Kier molecular flexibility index (Phi) is 6.68. The number of hydrogen-bond donors (Lipinski definition) is 4. The Labute approximate surface area is 217 Å². The topological polar surface area (TPSA) is 149 Å². The molecular formula is C28H24N6O4. The van der Waals surface area contributed by atoms with Gasteiger partial charge in [-0.1, -0.05) is 36.4 Å². The molecule has 0 aliphatic carbocycles. The Hall–Kier alpha value is -5.25. The molecule has 190 valence electrons. The first-order valence-electron chi connectivity index (χ1n) is 11.9. The summed E-state index contributed by atoms with van der Waals surface area (Å²) in [6.07, 6.45) is 4.00. The van der Waals surface area contributed by atoms with Gasteiger partial charge in [0, 0.05) is 42.1 Å². The Balaban J connectivity index is 1.59. The molecular weight excluding hydrogens is 484 g/mol. The minimum Gasteiger partial charge on any atom is -0.494 e. The Morgan fingerprint density at radius 2 is 1.87 bits per heavy atom. The summed E-state index contributed by atoms with van der Waals surface area (Å²) in [6, 6.07) is 19.6. The molecule has 2 aromatic heterocycles. The van der Waals surface area contributed by atoms with Crippen LogP contribution in [0.2, 0.25) is 0 Å². The van der Waals surface area contributed by atoms with Gasteiger partial charge >= 0.3 is 0 Å². The number of non-ortho nitro benzene ring substituents is 1. The van der Waals surface area contributed by atoms with E-state index < -0.39 is 4.92 Å². The van der Waals surface area contributed by atoms with Gasteiger partial charge in [-0.15, -0.1) is 0 Å². The number of hydrogen-bond acceptors (Lipinski definition) is 6. The lowest BCUT2D eigenvalue weighted by atomic mass is 9.98. The summed E-state index contributed by atoms with van der Waals surface area (Å²) in [6.45, 7) is 2.00.